The van der Waals surface area contributed by atoms with Gasteiger partial charge in [0.25, 0.3) is 0 Å². The number of rotatable bonds is 4. The molecule has 0 aliphatic carbocycles. The van der Waals surface area contributed by atoms with Crippen molar-refractivity contribution < 1.29 is 0 Å². The van der Waals surface area contributed by atoms with Gasteiger partial charge in [0.2, 0.25) is 0 Å². The van der Waals surface area contributed by atoms with Gasteiger partial charge in [0.15, 0.2) is 0 Å². The van der Waals surface area contributed by atoms with Crippen LogP contribution in [0.1, 0.15) is 35.7 Å². The maximum absolute atomic E-state index is 6.14. The van der Waals surface area contributed by atoms with E-state index >= 15 is 0 Å². The Labute approximate surface area is 107 Å². The molecule has 1 atom stereocenters. The van der Waals surface area contributed by atoms with Crippen molar-refractivity contribution in [1.82, 2.24) is 19.7 Å². The lowest BCUT2D eigenvalue weighted by atomic mass is 10.1. The Morgan fingerprint density at radius 1 is 1.28 bits per heavy atom. The van der Waals surface area contributed by atoms with Crippen molar-refractivity contribution in [1.29, 1.82) is 0 Å². The average Bonchev–Trinajstić information content (AvgIpc) is 2.70. The van der Waals surface area contributed by atoms with E-state index in [9.17, 15) is 0 Å². The second kappa shape index (κ2) is 5.27. The van der Waals surface area contributed by atoms with Crippen LogP contribution in [0.4, 0.5) is 0 Å². The second-order valence-corrected chi connectivity index (χ2v) is 4.52. The SMILES string of the molecule is CCn1nc(C)cc1CC(N)c1ncc(C)cn1. The fraction of sp³-hybridized carbons (Fsp3) is 0.462. The first-order valence-corrected chi connectivity index (χ1v) is 6.17. The molecule has 2 aromatic heterocycles. The zero-order valence-electron chi connectivity index (χ0n) is 11.1. The molecule has 0 amide bonds. The molecule has 0 saturated carbocycles. The van der Waals surface area contributed by atoms with Crippen molar-refractivity contribution in [2.45, 2.75) is 39.8 Å². The maximum atomic E-state index is 6.14. The van der Waals surface area contributed by atoms with Crippen LogP contribution in [0.5, 0.6) is 0 Å². The molecule has 1 unspecified atom stereocenters. The van der Waals surface area contributed by atoms with Crippen LogP contribution in [0, 0.1) is 13.8 Å². The molecule has 0 aliphatic rings. The van der Waals surface area contributed by atoms with Crippen LogP contribution in [0.15, 0.2) is 18.5 Å². The van der Waals surface area contributed by atoms with Gasteiger partial charge in [-0.15, -0.1) is 0 Å². The van der Waals surface area contributed by atoms with Gasteiger partial charge in [-0.25, -0.2) is 9.97 Å². The largest absolute Gasteiger partial charge is 0.321 e. The topological polar surface area (TPSA) is 69.6 Å². The lowest BCUT2D eigenvalue weighted by Gasteiger charge is -2.11. The van der Waals surface area contributed by atoms with Crippen LogP contribution in [-0.2, 0) is 13.0 Å². The van der Waals surface area contributed by atoms with Gasteiger partial charge in [-0.3, -0.25) is 4.68 Å². The van der Waals surface area contributed by atoms with Gasteiger partial charge in [-0.1, -0.05) is 0 Å². The van der Waals surface area contributed by atoms with Crippen LogP contribution in [-0.4, -0.2) is 19.7 Å². The van der Waals surface area contributed by atoms with Crippen molar-refractivity contribution in [2.75, 3.05) is 0 Å². The molecule has 5 nitrogen and oxygen atoms in total. The molecule has 0 saturated heterocycles. The molecule has 2 rings (SSSR count). The smallest absolute Gasteiger partial charge is 0.145 e. The highest BCUT2D eigenvalue weighted by atomic mass is 15.3. The standard InChI is InChI=1S/C13H19N5/c1-4-18-11(5-10(3)17-18)6-12(14)13-15-7-9(2)8-16-13/h5,7-8,12H,4,6,14H2,1-3H3. The van der Waals surface area contributed by atoms with Crippen LogP contribution in [0.3, 0.4) is 0 Å². The molecule has 0 bridgehead atoms. The monoisotopic (exact) mass is 245 g/mol. The fourth-order valence-electron chi connectivity index (χ4n) is 1.95. The van der Waals surface area contributed by atoms with Crippen LogP contribution < -0.4 is 5.73 Å². The number of aryl methyl sites for hydroxylation is 3. The Balaban J connectivity index is 2.15. The number of hydrogen-bond donors (Lipinski definition) is 1. The maximum Gasteiger partial charge on any atom is 0.145 e. The summed E-state index contributed by atoms with van der Waals surface area (Å²) in [7, 11) is 0. The summed E-state index contributed by atoms with van der Waals surface area (Å²) >= 11 is 0. The highest BCUT2D eigenvalue weighted by Gasteiger charge is 2.13. The molecule has 5 heteroatoms. The highest BCUT2D eigenvalue weighted by Crippen LogP contribution is 2.13. The Hall–Kier alpha value is -1.75. The van der Waals surface area contributed by atoms with Crippen molar-refractivity contribution >= 4 is 0 Å². The van der Waals surface area contributed by atoms with E-state index in [1.54, 1.807) is 12.4 Å². The molecule has 18 heavy (non-hydrogen) atoms. The summed E-state index contributed by atoms with van der Waals surface area (Å²) < 4.78 is 1.98. The number of hydrogen-bond acceptors (Lipinski definition) is 4. The number of nitrogens with zero attached hydrogens (tertiary/aromatic N) is 4. The Bertz CT molecular complexity index is 515. The number of aromatic nitrogens is 4. The molecule has 0 radical (unpaired) electrons. The highest BCUT2D eigenvalue weighted by molar-refractivity contribution is 5.13. The molecule has 0 aromatic carbocycles. The van der Waals surface area contributed by atoms with E-state index in [2.05, 4.69) is 28.1 Å². The molecule has 2 N–H and O–H groups in total. The van der Waals surface area contributed by atoms with E-state index in [1.807, 2.05) is 18.5 Å². The minimum Gasteiger partial charge on any atom is -0.321 e. The minimum atomic E-state index is -0.188. The van der Waals surface area contributed by atoms with E-state index < -0.39 is 0 Å². The third-order valence-electron chi connectivity index (χ3n) is 2.85. The van der Waals surface area contributed by atoms with Crippen LogP contribution in [0.2, 0.25) is 0 Å². The van der Waals surface area contributed by atoms with Gasteiger partial charge < -0.3 is 5.73 Å². The summed E-state index contributed by atoms with van der Waals surface area (Å²) in [6, 6.07) is 1.88. The quantitative estimate of drug-likeness (QED) is 0.887. The third kappa shape index (κ3) is 2.73. The van der Waals surface area contributed by atoms with Gasteiger partial charge in [0, 0.05) is 31.1 Å². The molecule has 2 heterocycles. The van der Waals surface area contributed by atoms with Crippen molar-refractivity contribution in [2.24, 2.45) is 5.73 Å². The van der Waals surface area contributed by atoms with Gasteiger partial charge in [0.1, 0.15) is 5.82 Å². The molecule has 0 spiro atoms. The molecular weight excluding hydrogens is 226 g/mol. The number of nitrogens with two attached hydrogens (primary N) is 1. The lowest BCUT2D eigenvalue weighted by molar-refractivity contribution is 0.574. The Morgan fingerprint density at radius 3 is 2.56 bits per heavy atom. The first kappa shape index (κ1) is 12.7. The van der Waals surface area contributed by atoms with Crippen molar-refractivity contribution in [3.63, 3.8) is 0 Å². The second-order valence-electron chi connectivity index (χ2n) is 4.52. The normalized spacial score (nSPS) is 12.7. The van der Waals surface area contributed by atoms with Crippen molar-refractivity contribution in [3.8, 4) is 0 Å². The molecule has 0 aliphatic heterocycles. The Morgan fingerprint density at radius 2 is 1.94 bits per heavy atom. The molecular formula is C13H19N5. The van der Waals surface area contributed by atoms with Crippen molar-refractivity contribution in [3.05, 3.63) is 41.2 Å². The summed E-state index contributed by atoms with van der Waals surface area (Å²) in [5, 5.41) is 4.41. The first-order chi connectivity index (χ1) is 8.60. The van der Waals surface area contributed by atoms with E-state index in [1.165, 1.54) is 0 Å². The van der Waals surface area contributed by atoms with Crippen LogP contribution in [0.25, 0.3) is 0 Å². The lowest BCUT2D eigenvalue weighted by Crippen LogP contribution is -2.18. The predicted molar refractivity (Wildman–Crippen MR) is 70.0 cm³/mol. The van der Waals surface area contributed by atoms with E-state index in [-0.39, 0.29) is 6.04 Å². The molecule has 96 valence electrons. The summed E-state index contributed by atoms with van der Waals surface area (Å²) in [6.07, 6.45) is 4.30. The third-order valence-corrected chi connectivity index (χ3v) is 2.85. The van der Waals surface area contributed by atoms with E-state index in [0.29, 0.717) is 12.2 Å². The zero-order valence-corrected chi connectivity index (χ0v) is 11.1. The van der Waals surface area contributed by atoms with Crippen LogP contribution >= 0.6 is 0 Å². The summed E-state index contributed by atoms with van der Waals surface area (Å²) in [5.41, 5.74) is 9.33. The summed E-state index contributed by atoms with van der Waals surface area (Å²) in [5.74, 6) is 0.683. The van der Waals surface area contributed by atoms with E-state index in [0.717, 1.165) is 23.5 Å². The minimum absolute atomic E-state index is 0.188. The summed E-state index contributed by atoms with van der Waals surface area (Å²) in [4.78, 5) is 8.54. The first-order valence-electron chi connectivity index (χ1n) is 6.17. The van der Waals surface area contributed by atoms with Gasteiger partial charge >= 0.3 is 0 Å². The zero-order chi connectivity index (χ0) is 13.1. The Kier molecular flexibility index (Phi) is 3.72. The summed E-state index contributed by atoms with van der Waals surface area (Å²) in [6.45, 7) is 6.88. The van der Waals surface area contributed by atoms with Gasteiger partial charge in [0.05, 0.1) is 11.7 Å². The fourth-order valence-corrected chi connectivity index (χ4v) is 1.95. The molecule has 0 fully saturated rings. The van der Waals surface area contributed by atoms with E-state index in [4.69, 9.17) is 5.73 Å². The molecule has 2 aromatic rings. The average molecular weight is 245 g/mol. The predicted octanol–water partition coefficient (Wildman–Crippen LogP) is 1.55. The van der Waals surface area contributed by atoms with Gasteiger partial charge in [-0.2, -0.15) is 5.10 Å². The van der Waals surface area contributed by atoms with Gasteiger partial charge in [-0.05, 0) is 32.4 Å².